The summed E-state index contributed by atoms with van der Waals surface area (Å²) in [6, 6.07) is 0. The highest BCUT2D eigenvalue weighted by molar-refractivity contribution is 4.69. The maximum atomic E-state index is 10.1. The van der Waals surface area contributed by atoms with Crippen LogP contribution in [0, 0.1) is 5.92 Å². The van der Waals surface area contributed by atoms with Crippen molar-refractivity contribution in [3.8, 4) is 0 Å². The van der Waals surface area contributed by atoms with Gasteiger partial charge in [0.1, 0.15) is 0 Å². The largest absolute Gasteiger partial charge is 0.393 e. The third kappa shape index (κ3) is 9.41. The lowest BCUT2D eigenvalue weighted by Gasteiger charge is -2.21. The maximum absolute atomic E-state index is 10.1. The number of aliphatic hydroxyl groups excluding tert-OH is 1. The topological polar surface area (TPSA) is 20.2 Å². The Morgan fingerprint density at radius 3 is 2.29 bits per heavy atom. The number of unbranched alkanes of at least 4 members (excludes halogenated alkanes) is 5. The Hall–Kier alpha value is -0.300. The molecule has 0 aromatic rings. The van der Waals surface area contributed by atoms with Crippen LogP contribution in [-0.4, -0.2) is 11.2 Å². The second-order valence-corrected chi connectivity index (χ2v) is 5.16. The van der Waals surface area contributed by atoms with E-state index in [1.54, 1.807) is 0 Å². The highest BCUT2D eigenvalue weighted by Gasteiger charge is 2.15. The lowest BCUT2D eigenvalue weighted by atomic mass is 9.90. The monoisotopic (exact) mass is 240 g/mol. The van der Waals surface area contributed by atoms with Crippen LogP contribution in [0.1, 0.15) is 78.1 Å². The molecule has 0 amide bonds. The fourth-order valence-corrected chi connectivity index (χ4v) is 2.37. The SMILES string of the molecule is C=CCCCCCCC(O)C(CC)CCCC. The standard InChI is InChI=1S/C16H32O/c1-4-7-9-10-11-12-14-16(17)15(6-3)13-8-5-2/h4,15-17H,1,5-14H2,2-3H3. The summed E-state index contributed by atoms with van der Waals surface area (Å²) in [4.78, 5) is 0. The summed E-state index contributed by atoms with van der Waals surface area (Å²) in [5.41, 5.74) is 0. The number of hydrogen-bond donors (Lipinski definition) is 1. The number of hydrogen-bond acceptors (Lipinski definition) is 1. The van der Waals surface area contributed by atoms with Crippen LogP contribution in [-0.2, 0) is 0 Å². The van der Waals surface area contributed by atoms with E-state index < -0.39 is 0 Å². The summed E-state index contributed by atoms with van der Waals surface area (Å²) in [5, 5.41) is 10.1. The molecule has 0 saturated carbocycles. The third-order valence-corrected chi connectivity index (χ3v) is 3.66. The fraction of sp³-hybridized carbons (Fsp3) is 0.875. The second kappa shape index (κ2) is 12.2. The minimum atomic E-state index is -0.0639. The molecule has 0 aromatic carbocycles. The normalized spacial score (nSPS) is 14.5. The zero-order chi connectivity index (χ0) is 12.9. The molecule has 1 nitrogen and oxygen atoms in total. The van der Waals surface area contributed by atoms with E-state index in [1.165, 1.54) is 44.9 Å². The molecule has 2 atom stereocenters. The van der Waals surface area contributed by atoms with Crippen LogP contribution < -0.4 is 0 Å². The first-order valence-electron chi connectivity index (χ1n) is 7.55. The van der Waals surface area contributed by atoms with Gasteiger partial charge in [-0.2, -0.15) is 0 Å². The first-order chi connectivity index (χ1) is 8.26. The summed E-state index contributed by atoms with van der Waals surface area (Å²) in [6.45, 7) is 8.15. The van der Waals surface area contributed by atoms with E-state index in [9.17, 15) is 5.11 Å². The zero-order valence-electron chi connectivity index (χ0n) is 12.0. The highest BCUT2D eigenvalue weighted by atomic mass is 16.3. The van der Waals surface area contributed by atoms with Crippen molar-refractivity contribution in [2.75, 3.05) is 0 Å². The van der Waals surface area contributed by atoms with Crippen LogP contribution in [0.4, 0.5) is 0 Å². The molecule has 0 aromatic heterocycles. The summed E-state index contributed by atoms with van der Waals surface area (Å²) in [5.74, 6) is 0.531. The van der Waals surface area contributed by atoms with Gasteiger partial charge >= 0.3 is 0 Å². The van der Waals surface area contributed by atoms with Crippen LogP contribution in [0.3, 0.4) is 0 Å². The Morgan fingerprint density at radius 2 is 1.71 bits per heavy atom. The molecule has 0 saturated heterocycles. The third-order valence-electron chi connectivity index (χ3n) is 3.66. The average Bonchev–Trinajstić information content (AvgIpc) is 2.34. The Bertz CT molecular complexity index is 165. The molecular formula is C16H32O. The highest BCUT2D eigenvalue weighted by Crippen LogP contribution is 2.21. The molecule has 1 N–H and O–H groups in total. The van der Waals surface area contributed by atoms with Crippen molar-refractivity contribution in [1.29, 1.82) is 0 Å². The van der Waals surface area contributed by atoms with Crippen LogP contribution in [0.5, 0.6) is 0 Å². The minimum absolute atomic E-state index is 0.0639. The van der Waals surface area contributed by atoms with Crippen LogP contribution in [0.25, 0.3) is 0 Å². The second-order valence-electron chi connectivity index (χ2n) is 5.16. The smallest absolute Gasteiger partial charge is 0.0568 e. The lowest BCUT2D eigenvalue weighted by molar-refractivity contribution is 0.0875. The van der Waals surface area contributed by atoms with E-state index >= 15 is 0 Å². The van der Waals surface area contributed by atoms with Gasteiger partial charge in [0.2, 0.25) is 0 Å². The molecule has 0 radical (unpaired) electrons. The summed E-state index contributed by atoms with van der Waals surface area (Å²) >= 11 is 0. The van der Waals surface area contributed by atoms with E-state index in [4.69, 9.17) is 0 Å². The summed E-state index contributed by atoms with van der Waals surface area (Å²) in [6.07, 6.45) is 13.9. The summed E-state index contributed by atoms with van der Waals surface area (Å²) in [7, 11) is 0. The first-order valence-corrected chi connectivity index (χ1v) is 7.55. The fourth-order valence-electron chi connectivity index (χ4n) is 2.37. The van der Waals surface area contributed by atoms with Gasteiger partial charge in [0.25, 0.3) is 0 Å². The van der Waals surface area contributed by atoms with Crippen LogP contribution >= 0.6 is 0 Å². The quantitative estimate of drug-likeness (QED) is 0.372. The minimum Gasteiger partial charge on any atom is -0.393 e. The molecular weight excluding hydrogens is 208 g/mol. The van der Waals surface area contributed by atoms with Gasteiger partial charge in [0.05, 0.1) is 6.10 Å². The lowest BCUT2D eigenvalue weighted by Crippen LogP contribution is -2.19. The van der Waals surface area contributed by atoms with Crippen LogP contribution in [0.15, 0.2) is 12.7 Å². The molecule has 0 aliphatic heterocycles. The van der Waals surface area contributed by atoms with Gasteiger partial charge in [-0.05, 0) is 31.6 Å². The van der Waals surface area contributed by atoms with Crippen molar-refractivity contribution < 1.29 is 5.11 Å². The van der Waals surface area contributed by atoms with Crippen LogP contribution in [0.2, 0.25) is 0 Å². The number of allylic oxidation sites excluding steroid dienone is 1. The van der Waals surface area contributed by atoms with Crippen molar-refractivity contribution in [1.82, 2.24) is 0 Å². The van der Waals surface area contributed by atoms with Gasteiger partial charge in [0, 0.05) is 0 Å². The summed E-state index contributed by atoms with van der Waals surface area (Å²) < 4.78 is 0. The van der Waals surface area contributed by atoms with Gasteiger partial charge in [-0.3, -0.25) is 0 Å². The van der Waals surface area contributed by atoms with Gasteiger partial charge in [-0.25, -0.2) is 0 Å². The Balaban J connectivity index is 3.53. The Kier molecular flexibility index (Phi) is 12.0. The van der Waals surface area contributed by atoms with E-state index in [1.807, 2.05) is 6.08 Å². The molecule has 17 heavy (non-hydrogen) atoms. The van der Waals surface area contributed by atoms with E-state index in [0.717, 1.165) is 19.3 Å². The van der Waals surface area contributed by atoms with E-state index in [2.05, 4.69) is 20.4 Å². The predicted molar refractivity (Wildman–Crippen MR) is 77.2 cm³/mol. The molecule has 102 valence electrons. The van der Waals surface area contributed by atoms with Crippen molar-refractivity contribution in [3.05, 3.63) is 12.7 Å². The molecule has 0 spiro atoms. The van der Waals surface area contributed by atoms with Crippen molar-refractivity contribution >= 4 is 0 Å². The molecule has 0 heterocycles. The number of rotatable bonds is 12. The van der Waals surface area contributed by atoms with Gasteiger partial charge in [-0.15, -0.1) is 6.58 Å². The predicted octanol–water partition coefficient (Wildman–Crippen LogP) is 5.09. The van der Waals surface area contributed by atoms with Gasteiger partial charge in [-0.1, -0.05) is 58.4 Å². The number of aliphatic hydroxyl groups is 1. The van der Waals surface area contributed by atoms with Crippen molar-refractivity contribution in [3.63, 3.8) is 0 Å². The molecule has 0 aliphatic rings. The molecule has 0 rings (SSSR count). The molecule has 1 heteroatoms. The maximum Gasteiger partial charge on any atom is 0.0568 e. The molecule has 0 aliphatic carbocycles. The molecule has 0 fully saturated rings. The van der Waals surface area contributed by atoms with E-state index in [0.29, 0.717) is 5.92 Å². The Labute approximate surface area is 108 Å². The average molecular weight is 240 g/mol. The first kappa shape index (κ1) is 16.7. The molecule has 2 unspecified atom stereocenters. The van der Waals surface area contributed by atoms with Crippen molar-refractivity contribution in [2.24, 2.45) is 5.92 Å². The molecule has 0 bridgehead atoms. The van der Waals surface area contributed by atoms with Crippen molar-refractivity contribution in [2.45, 2.75) is 84.2 Å². The van der Waals surface area contributed by atoms with Gasteiger partial charge in [0.15, 0.2) is 0 Å². The van der Waals surface area contributed by atoms with E-state index in [-0.39, 0.29) is 6.10 Å². The van der Waals surface area contributed by atoms with Gasteiger partial charge < -0.3 is 5.11 Å². The Morgan fingerprint density at radius 1 is 1.00 bits per heavy atom. The zero-order valence-corrected chi connectivity index (χ0v) is 12.0.